The number of benzene rings is 1. The molecule has 1 saturated carbocycles. The Bertz CT molecular complexity index is 438. The average Bonchev–Trinajstić information content (AvgIpc) is 2.80. The lowest BCUT2D eigenvalue weighted by molar-refractivity contribution is 0.183. The lowest BCUT2D eigenvalue weighted by Crippen LogP contribution is -2.34. The first-order chi connectivity index (χ1) is 8.94. The molecule has 19 heavy (non-hydrogen) atoms. The third-order valence-electron chi connectivity index (χ3n) is 4.37. The number of hydrogen-bond acceptors (Lipinski definition) is 1. The second-order valence-electron chi connectivity index (χ2n) is 6.31. The quantitative estimate of drug-likeness (QED) is 0.819. The Kier molecular flexibility index (Phi) is 4.52. The van der Waals surface area contributed by atoms with E-state index in [0.717, 1.165) is 24.8 Å². The Hall–Kier alpha value is -0.600. The standard InChI is InChI=1S/C16H23ClFN/c1-11(2)10-16(7-3-4-8-16)15(19)13-9-12(18)5-6-14(13)17/h5-6,9,11,15H,3-4,7-8,10,19H2,1-2H3. The van der Waals surface area contributed by atoms with Gasteiger partial charge in [0.2, 0.25) is 0 Å². The molecule has 1 aliphatic rings. The molecule has 0 heterocycles. The fraction of sp³-hybridized carbons (Fsp3) is 0.625. The molecule has 1 aromatic carbocycles. The van der Waals surface area contributed by atoms with E-state index in [-0.39, 0.29) is 17.3 Å². The van der Waals surface area contributed by atoms with Crippen LogP contribution in [0.25, 0.3) is 0 Å². The Morgan fingerprint density at radius 1 is 1.32 bits per heavy atom. The van der Waals surface area contributed by atoms with Gasteiger partial charge in [-0.2, -0.15) is 0 Å². The predicted octanol–water partition coefficient (Wildman–Crippen LogP) is 5.09. The molecular weight excluding hydrogens is 261 g/mol. The first-order valence-corrected chi connectivity index (χ1v) is 7.53. The summed E-state index contributed by atoms with van der Waals surface area (Å²) in [5.41, 5.74) is 7.36. The van der Waals surface area contributed by atoms with Gasteiger partial charge in [-0.25, -0.2) is 4.39 Å². The number of hydrogen-bond donors (Lipinski definition) is 1. The molecule has 3 heteroatoms. The van der Waals surface area contributed by atoms with Crippen molar-refractivity contribution >= 4 is 11.6 Å². The molecule has 2 rings (SSSR count). The topological polar surface area (TPSA) is 26.0 Å². The van der Waals surface area contributed by atoms with Crippen molar-refractivity contribution in [2.75, 3.05) is 0 Å². The summed E-state index contributed by atoms with van der Waals surface area (Å²) in [6.45, 7) is 4.44. The Morgan fingerprint density at radius 2 is 1.95 bits per heavy atom. The highest BCUT2D eigenvalue weighted by Gasteiger charge is 2.41. The lowest BCUT2D eigenvalue weighted by atomic mass is 9.71. The minimum absolute atomic E-state index is 0.0889. The van der Waals surface area contributed by atoms with Gasteiger partial charge in [-0.3, -0.25) is 0 Å². The maximum absolute atomic E-state index is 13.5. The Morgan fingerprint density at radius 3 is 2.53 bits per heavy atom. The number of nitrogens with two attached hydrogens (primary N) is 1. The van der Waals surface area contributed by atoms with Crippen molar-refractivity contribution in [3.05, 3.63) is 34.6 Å². The zero-order valence-electron chi connectivity index (χ0n) is 11.8. The van der Waals surface area contributed by atoms with Crippen molar-refractivity contribution in [3.63, 3.8) is 0 Å². The summed E-state index contributed by atoms with van der Waals surface area (Å²) in [5, 5.41) is 0.587. The van der Waals surface area contributed by atoms with E-state index in [2.05, 4.69) is 13.8 Å². The average molecular weight is 284 g/mol. The summed E-state index contributed by atoms with van der Waals surface area (Å²) >= 11 is 6.22. The molecule has 1 aromatic rings. The predicted molar refractivity (Wildman–Crippen MR) is 78.7 cm³/mol. The molecule has 1 fully saturated rings. The van der Waals surface area contributed by atoms with Crippen LogP contribution in [0.5, 0.6) is 0 Å². The SMILES string of the molecule is CC(C)CC1(C(N)c2cc(F)ccc2Cl)CCCC1. The van der Waals surface area contributed by atoms with Gasteiger partial charge in [-0.1, -0.05) is 38.3 Å². The summed E-state index contributed by atoms with van der Waals surface area (Å²) < 4.78 is 13.5. The van der Waals surface area contributed by atoms with Crippen LogP contribution in [0.15, 0.2) is 18.2 Å². The van der Waals surface area contributed by atoms with Crippen LogP contribution in [0, 0.1) is 17.2 Å². The highest BCUT2D eigenvalue weighted by atomic mass is 35.5. The maximum atomic E-state index is 13.5. The van der Waals surface area contributed by atoms with Crippen LogP contribution in [0.4, 0.5) is 4.39 Å². The van der Waals surface area contributed by atoms with Crippen LogP contribution < -0.4 is 5.73 Å². The van der Waals surface area contributed by atoms with E-state index in [9.17, 15) is 4.39 Å². The van der Waals surface area contributed by atoms with Crippen LogP contribution in [-0.2, 0) is 0 Å². The van der Waals surface area contributed by atoms with Crippen molar-refractivity contribution in [1.29, 1.82) is 0 Å². The van der Waals surface area contributed by atoms with Gasteiger partial charge in [0, 0.05) is 11.1 Å². The minimum Gasteiger partial charge on any atom is -0.323 e. The second kappa shape index (κ2) is 5.80. The summed E-state index contributed by atoms with van der Waals surface area (Å²) in [7, 11) is 0. The summed E-state index contributed by atoms with van der Waals surface area (Å²) in [4.78, 5) is 0. The monoisotopic (exact) mass is 283 g/mol. The molecule has 1 unspecified atom stereocenters. The van der Waals surface area contributed by atoms with Gasteiger partial charge < -0.3 is 5.73 Å². The van der Waals surface area contributed by atoms with Gasteiger partial charge in [-0.05, 0) is 54.4 Å². The molecule has 1 atom stereocenters. The molecule has 2 N–H and O–H groups in total. The molecule has 0 saturated heterocycles. The minimum atomic E-state index is -0.257. The molecule has 0 aromatic heterocycles. The second-order valence-corrected chi connectivity index (χ2v) is 6.72. The van der Waals surface area contributed by atoms with E-state index in [4.69, 9.17) is 17.3 Å². The van der Waals surface area contributed by atoms with Crippen LogP contribution in [0.1, 0.15) is 57.6 Å². The van der Waals surface area contributed by atoms with Crippen molar-refractivity contribution < 1.29 is 4.39 Å². The van der Waals surface area contributed by atoms with Crippen LogP contribution in [0.3, 0.4) is 0 Å². The molecule has 106 valence electrons. The van der Waals surface area contributed by atoms with Gasteiger partial charge in [0.1, 0.15) is 5.82 Å². The van der Waals surface area contributed by atoms with E-state index in [0.29, 0.717) is 10.9 Å². The highest BCUT2D eigenvalue weighted by Crippen LogP contribution is 2.51. The van der Waals surface area contributed by atoms with E-state index in [1.54, 1.807) is 6.07 Å². The molecule has 0 aliphatic heterocycles. The molecule has 1 aliphatic carbocycles. The third kappa shape index (κ3) is 3.11. The normalized spacial score (nSPS) is 19.9. The molecule has 0 bridgehead atoms. The first kappa shape index (κ1) is 14.8. The van der Waals surface area contributed by atoms with Gasteiger partial charge in [0.25, 0.3) is 0 Å². The molecule has 0 amide bonds. The van der Waals surface area contributed by atoms with E-state index < -0.39 is 0 Å². The molecule has 1 nitrogen and oxygen atoms in total. The smallest absolute Gasteiger partial charge is 0.123 e. The van der Waals surface area contributed by atoms with Gasteiger partial charge in [-0.15, -0.1) is 0 Å². The fourth-order valence-corrected chi connectivity index (χ4v) is 3.85. The van der Waals surface area contributed by atoms with Gasteiger partial charge >= 0.3 is 0 Å². The zero-order chi connectivity index (χ0) is 14.0. The van der Waals surface area contributed by atoms with Gasteiger partial charge in [0.05, 0.1) is 0 Å². The molecular formula is C16H23ClFN. The van der Waals surface area contributed by atoms with Crippen LogP contribution in [0.2, 0.25) is 5.02 Å². The summed E-state index contributed by atoms with van der Waals surface area (Å²) in [6.07, 6.45) is 5.76. The van der Waals surface area contributed by atoms with E-state index >= 15 is 0 Å². The fourth-order valence-electron chi connectivity index (χ4n) is 3.62. The maximum Gasteiger partial charge on any atom is 0.123 e. The van der Waals surface area contributed by atoms with Crippen molar-refractivity contribution in [3.8, 4) is 0 Å². The van der Waals surface area contributed by atoms with Crippen LogP contribution in [-0.4, -0.2) is 0 Å². The summed E-state index contributed by atoms with van der Waals surface area (Å²) in [5.74, 6) is 0.337. The largest absolute Gasteiger partial charge is 0.323 e. The van der Waals surface area contributed by atoms with Crippen LogP contribution >= 0.6 is 11.6 Å². The Labute approximate surface area is 120 Å². The van der Waals surface area contributed by atoms with Crippen molar-refractivity contribution in [1.82, 2.24) is 0 Å². The molecule has 0 spiro atoms. The lowest BCUT2D eigenvalue weighted by Gasteiger charge is -2.37. The zero-order valence-corrected chi connectivity index (χ0v) is 12.5. The van der Waals surface area contributed by atoms with Crippen molar-refractivity contribution in [2.45, 2.75) is 52.0 Å². The van der Waals surface area contributed by atoms with E-state index in [1.165, 1.54) is 25.0 Å². The number of rotatable bonds is 4. The highest BCUT2D eigenvalue weighted by molar-refractivity contribution is 6.31. The third-order valence-corrected chi connectivity index (χ3v) is 4.71. The summed E-state index contributed by atoms with van der Waals surface area (Å²) in [6, 6.07) is 4.35. The first-order valence-electron chi connectivity index (χ1n) is 7.15. The van der Waals surface area contributed by atoms with Crippen molar-refractivity contribution in [2.24, 2.45) is 17.1 Å². The van der Waals surface area contributed by atoms with Gasteiger partial charge in [0.15, 0.2) is 0 Å². The Balaban J connectivity index is 2.33. The molecule has 0 radical (unpaired) electrons. The van der Waals surface area contributed by atoms with E-state index in [1.807, 2.05) is 0 Å². The number of halogens is 2.